The quantitative estimate of drug-likeness (QED) is 0.782. The van der Waals surface area contributed by atoms with E-state index in [2.05, 4.69) is 28.1 Å². The molecule has 1 heterocycles. The number of carbonyl (C=O) groups excluding carboxylic acids is 1. The lowest BCUT2D eigenvalue weighted by atomic mass is 9.73. The first-order chi connectivity index (χ1) is 9.66. The summed E-state index contributed by atoms with van der Waals surface area (Å²) in [6.45, 7) is 2.43. The summed E-state index contributed by atoms with van der Waals surface area (Å²) in [6, 6.07) is 3.88. The van der Waals surface area contributed by atoms with E-state index in [0.29, 0.717) is 6.54 Å². The van der Waals surface area contributed by atoms with Gasteiger partial charge in [-0.15, -0.1) is 11.3 Å². The van der Waals surface area contributed by atoms with Crippen LogP contribution in [-0.2, 0) is 5.41 Å². The van der Waals surface area contributed by atoms with E-state index in [1.54, 1.807) is 18.3 Å². The summed E-state index contributed by atoms with van der Waals surface area (Å²) in [6.07, 6.45) is 6.04. The Morgan fingerprint density at radius 2 is 2.20 bits per heavy atom. The number of hydrogen-bond donors (Lipinski definition) is 3. The van der Waals surface area contributed by atoms with Gasteiger partial charge in [0.2, 0.25) is 0 Å². The fourth-order valence-corrected chi connectivity index (χ4v) is 3.88. The molecule has 0 aliphatic heterocycles. The number of urea groups is 1. The van der Waals surface area contributed by atoms with Crippen molar-refractivity contribution in [2.24, 2.45) is 0 Å². The Bertz CT molecular complexity index is 414. The summed E-state index contributed by atoms with van der Waals surface area (Å²) >= 11 is 1.79. The van der Waals surface area contributed by atoms with Gasteiger partial charge in [0.25, 0.3) is 0 Å². The Balaban J connectivity index is 1.97. The van der Waals surface area contributed by atoms with Gasteiger partial charge in [-0.1, -0.05) is 25.3 Å². The second-order valence-corrected chi connectivity index (χ2v) is 6.68. The molecule has 1 atom stereocenters. The van der Waals surface area contributed by atoms with Crippen molar-refractivity contribution in [3.05, 3.63) is 22.4 Å². The number of aliphatic hydroxyl groups excluding tert-OH is 1. The first-order valence-corrected chi connectivity index (χ1v) is 8.23. The molecular weight excluding hydrogens is 272 g/mol. The molecule has 1 aromatic rings. The molecule has 112 valence electrons. The molecule has 0 saturated heterocycles. The van der Waals surface area contributed by atoms with Gasteiger partial charge in [0, 0.05) is 16.8 Å². The third kappa shape index (κ3) is 3.73. The minimum Gasteiger partial charge on any atom is -0.394 e. The Kier molecular flexibility index (Phi) is 5.43. The topological polar surface area (TPSA) is 61.4 Å². The van der Waals surface area contributed by atoms with Crippen LogP contribution in [0.3, 0.4) is 0 Å². The largest absolute Gasteiger partial charge is 0.394 e. The van der Waals surface area contributed by atoms with Crippen LogP contribution in [0.5, 0.6) is 0 Å². The number of carbonyl (C=O) groups is 1. The average molecular weight is 296 g/mol. The van der Waals surface area contributed by atoms with Crippen LogP contribution in [0.2, 0.25) is 0 Å². The van der Waals surface area contributed by atoms with Crippen molar-refractivity contribution < 1.29 is 9.90 Å². The minimum absolute atomic E-state index is 0.0382. The summed E-state index contributed by atoms with van der Waals surface area (Å²) in [5.41, 5.74) is 0.103. The normalized spacial score (nSPS) is 19.3. The van der Waals surface area contributed by atoms with Crippen LogP contribution < -0.4 is 10.6 Å². The number of rotatable bonds is 5. The lowest BCUT2D eigenvalue weighted by molar-refractivity contribution is 0.214. The maximum Gasteiger partial charge on any atom is 0.315 e. The van der Waals surface area contributed by atoms with Crippen molar-refractivity contribution in [3.63, 3.8) is 0 Å². The van der Waals surface area contributed by atoms with E-state index >= 15 is 0 Å². The predicted octanol–water partition coefficient (Wildman–Crippen LogP) is 2.63. The molecule has 1 saturated carbocycles. The fraction of sp³-hybridized carbons (Fsp3) is 0.667. The van der Waals surface area contributed by atoms with Crippen LogP contribution >= 0.6 is 11.3 Å². The zero-order valence-electron chi connectivity index (χ0n) is 12.0. The molecule has 0 aromatic carbocycles. The van der Waals surface area contributed by atoms with Crippen LogP contribution in [0.1, 0.15) is 43.9 Å². The van der Waals surface area contributed by atoms with E-state index in [4.69, 9.17) is 5.11 Å². The van der Waals surface area contributed by atoms with Crippen molar-refractivity contribution in [1.29, 1.82) is 0 Å². The van der Waals surface area contributed by atoms with Crippen LogP contribution in [-0.4, -0.2) is 30.3 Å². The van der Waals surface area contributed by atoms with Crippen molar-refractivity contribution in [3.8, 4) is 0 Å². The summed E-state index contributed by atoms with van der Waals surface area (Å²) in [5, 5.41) is 16.8. The van der Waals surface area contributed by atoms with E-state index in [1.165, 1.54) is 24.1 Å². The Labute approximate surface area is 124 Å². The third-order valence-electron chi connectivity index (χ3n) is 4.09. The van der Waals surface area contributed by atoms with Crippen molar-refractivity contribution >= 4 is 17.4 Å². The zero-order chi connectivity index (χ0) is 14.4. The molecule has 1 fully saturated rings. The first kappa shape index (κ1) is 15.3. The van der Waals surface area contributed by atoms with Crippen molar-refractivity contribution in [2.75, 3.05) is 13.2 Å². The van der Waals surface area contributed by atoms with Gasteiger partial charge in [-0.05, 0) is 31.2 Å². The summed E-state index contributed by atoms with van der Waals surface area (Å²) in [5.74, 6) is 0. The highest BCUT2D eigenvalue weighted by Gasteiger charge is 2.35. The molecule has 1 aliphatic rings. The second kappa shape index (κ2) is 7.09. The molecule has 0 spiro atoms. The number of amides is 2. The summed E-state index contributed by atoms with van der Waals surface area (Å²) < 4.78 is 0. The van der Waals surface area contributed by atoms with Gasteiger partial charge in [-0.3, -0.25) is 0 Å². The average Bonchev–Trinajstić information content (AvgIpc) is 3.01. The van der Waals surface area contributed by atoms with Crippen molar-refractivity contribution in [1.82, 2.24) is 10.6 Å². The van der Waals surface area contributed by atoms with Gasteiger partial charge >= 0.3 is 6.03 Å². The maximum atomic E-state index is 11.8. The summed E-state index contributed by atoms with van der Waals surface area (Å²) in [4.78, 5) is 13.2. The number of hydrogen-bond acceptors (Lipinski definition) is 3. The smallest absolute Gasteiger partial charge is 0.315 e. The van der Waals surface area contributed by atoms with E-state index < -0.39 is 0 Å². The van der Waals surface area contributed by atoms with Crippen molar-refractivity contribution in [2.45, 2.75) is 50.5 Å². The highest BCUT2D eigenvalue weighted by atomic mass is 32.1. The van der Waals surface area contributed by atoms with Crippen LogP contribution in [0.4, 0.5) is 4.79 Å². The predicted molar refractivity (Wildman–Crippen MR) is 82.2 cm³/mol. The van der Waals surface area contributed by atoms with Gasteiger partial charge in [0.05, 0.1) is 12.6 Å². The molecule has 1 aromatic heterocycles. The lowest BCUT2D eigenvalue weighted by Gasteiger charge is -2.36. The highest BCUT2D eigenvalue weighted by Crippen LogP contribution is 2.40. The van der Waals surface area contributed by atoms with Gasteiger partial charge in [-0.2, -0.15) is 0 Å². The van der Waals surface area contributed by atoms with E-state index in [-0.39, 0.29) is 24.1 Å². The zero-order valence-corrected chi connectivity index (χ0v) is 12.8. The molecular formula is C15H24N2O2S. The molecule has 2 rings (SSSR count). The molecule has 0 radical (unpaired) electrons. The number of thiophene rings is 1. The lowest BCUT2D eigenvalue weighted by Crippen LogP contribution is -2.48. The summed E-state index contributed by atoms with van der Waals surface area (Å²) in [7, 11) is 0. The molecule has 1 aliphatic carbocycles. The molecule has 5 heteroatoms. The fourth-order valence-electron chi connectivity index (χ4n) is 2.89. The first-order valence-electron chi connectivity index (χ1n) is 7.35. The van der Waals surface area contributed by atoms with Crippen LogP contribution in [0.15, 0.2) is 17.5 Å². The molecule has 2 amide bonds. The monoisotopic (exact) mass is 296 g/mol. The Morgan fingerprint density at radius 1 is 1.45 bits per heavy atom. The number of aliphatic hydroxyl groups is 1. The SMILES string of the molecule is CC(CO)NC(=O)NCC1(c2cccs2)CCCCC1. The molecule has 20 heavy (non-hydrogen) atoms. The van der Waals surface area contributed by atoms with E-state index in [1.807, 2.05) is 0 Å². The molecule has 4 nitrogen and oxygen atoms in total. The van der Waals surface area contributed by atoms with E-state index in [9.17, 15) is 4.79 Å². The van der Waals surface area contributed by atoms with Gasteiger partial charge < -0.3 is 15.7 Å². The highest BCUT2D eigenvalue weighted by molar-refractivity contribution is 7.10. The Hall–Kier alpha value is -1.07. The molecule has 3 N–H and O–H groups in total. The maximum absolute atomic E-state index is 11.8. The second-order valence-electron chi connectivity index (χ2n) is 5.73. The standard InChI is InChI=1S/C15H24N2O2S/c1-12(10-18)17-14(19)16-11-15(7-3-2-4-8-15)13-6-5-9-20-13/h5-6,9,12,18H,2-4,7-8,10-11H2,1H3,(H2,16,17,19). The van der Waals surface area contributed by atoms with Crippen LogP contribution in [0.25, 0.3) is 0 Å². The van der Waals surface area contributed by atoms with Gasteiger partial charge in [0.1, 0.15) is 0 Å². The van der Waals surface area contributed by atoms with E-state index in [0.717, 1.165) is 12.8 Å². The number of nitrogens with one attached hydrogen (secondary N) is 2. The molecule has 1 unspecified atom stereocenters. The van der Waals surface area contributed by atoms with Gasteiger partial charge in [-0.25, -0.2) is 4.79 Å². The van der Waals surface area contributed by atoms with Crippen LogP contribution in [0, 0.1) is 0 Å². The Morgan fingerprint density at radius 3 is 2.80 bits per heavy atom. The molecule has 0 bridgehead atoms. The minimum atomic E-state index is -0.209. The third-order valence-corrected chi connectivity index (χ3v) is 5.21. The van der Waals surface area contributed by atoms with Gasteiger partial charge in [0.15, 0.2) is 0 Å².